The lowest BCUT2D eigenvalue weighted by Gasteiger charge is -2.31. The highest BCUT2D eigenvalue weighted by Gasteiger charge is 2.26. The van der Waals surface area contributed by atoms with Gasteiger partial charge in [0.1, 0.15) is 0 Å². The van der Waals surface area contributed by atoms with Gasteiger partial charge in [-0.05, 0) is 122 Å². The lowest BCUT2D eigenvalue weighted by atomic mass is 9.75. The molecule has 0 radical (unpaired) electrons. The topological polar surface area (TPSA) is 9.23 Å². The first-order chi connectivity index (χ1) is 21.9. The average Bonchev–Trinajstić information content (AvgIpc) is 3.05. The van der Waals surface area contributed by atoms with Crippen LogP contribution in [0.15, 0.2) is 48.6 Å². The van der Waals surface area contributed by atoms with Crippen LogP contribution in [-0.4, -0.2) is 13.2 Å². The summed E-state index contributed by atoms with van der Waals surface area (Å²) >= 11 is 0. The molecule has 2 aromatic carbocycles. The van der Waals surface area contributed by atoms with E-state index in [1.807, 2.05) is 12.2 Å². The van der Waals surface area contributed by atoms with Crippen LogP contribution in [0.4, 0.5) is 17.6 Å². The highest BCUT2D eigenvalue weighted by Crippen LogP contribution is 2.41. The maximum absolute atomic E-state index is 14.3. The Morgan fingerprint density at radius 3 is 1.33 bits per heavy atom. The van der Waals surface area contributed by atoms with Gasteiger partial charge in [0.15, 0.2) is 23.3 Å². The Morgan fingerprint density at radius 1 is 0.578 bits per heavy atom. The van der Waals surface area contributed by atoms with Crippen LogP contribution < -0.4 is 0 Å². The van der Waals surface area contributed by atoms with E-state index < -0.39 is 23.3 Å². The molecule has 248 valence electrons. The number of hydrogen-bond acceptors (Lipinski definition) is 1. The van der Waals surface area contributed by atoms with E-state index in [4.69, 9.17) is 4.74 Å². The fourth-order valence-corrected chi connectivity index (χ4v) is 7.65. The minimum Gasteiger partial charge on any atom is -0.373 e. The number of hydrogen-bond donors (Lipinski definition) is 0. The first kappa shape index (κ1) is 35.5. The molecule has 2 aliphatic carbocycles. The molecule has 0 unspecified atom stereocenters. The number of halogens is 4. The van der Waals surface area contributed by atoms with Crippen molar-refractivity contribution in [1.82, 2.24) is 0 Å². The van der Waals surface area contributed by atoms with Gasteiger partial charge in [0.25, 0.3) is 0 Å². The Labute approximate surface area is 269 Å². The van der Waals surface area contributed by atoms with Crippen molar-refractivity contribution in [2.24, 2.45) is 23.7 Å². The number of ether oxygens (including phenoxy) is 1. The van der Waals surface area contributed by atoms with E-state index in [9.17, 15) is 17.6 Å². The fraction of sp³-hybridized carbons (Fsp3) is 0.600. The third kappa shape index (κ3) is 10.8. The molecule has 0 aliphatic heterocycles. The summed E-state index contributed by atoms with van der Waals surface area (Å²) in [7, 11) is 0. The van der Waals surface area contributed by atoms with Crippen LogP contribution in [0, 0.1) is 46.9 Å². The van der Waals surface area contributed by atoms with Gasteiger partial charge in [-0.25, -0.2) is 17.6 Å². The van der Waals surface area contributed by atoms with Gasteiger partial charge in [-0.1, -0.05) is 89.5 Å². The Kier molecular flexibility index (Phi) is 14.7. The zero-order valence-corrected chi connectivity index (χ0v) is 27.6. The zero-order chi connectivity index (χ0) is 32.0. The van der Waals surface area contributed by atoms with Crippen LogP contribution in [-0.2, 0) is 4.74 Å². The summed E-state index contributed by atoms with van der Waals surface area (Å²) in [6, 6.07) is 8.41. The molecule has 0 atom stereocenters. The van der Waals surface area contributed by atoms with Crippen LogP contribution in [0.2, 0.25) is 0 Å². The molecule has 0 aromatic heterocycles. The molecule has 0 saturated heterocycles. The minimum atomic E-state index is -0.834. The van der Waals surface area contributed by atoms with Crippen molar-refractivity contribution in [3.05, 3.63) is 82.9 Å². The third-order valence-corrected chi connectivity index (χ3v) is 10.4. The first-order valence-electron chi connectivity index (χ1n) is 17.8. The van der Waals surface area contributed by atoms with Gasteiger partial charge in [-0.3, -0.25) is 0 Å². The molecule has 2 aromatic rings. The van der Waals surface area contributed by atoms with Gasteiger partial charge in [-0.15, -0.1) is 0 Å². The van der Waals surface area contributed by atoms with Gasteiger partial charge in [0.05, 0.1) is 13.2 Å². The van der Waals surface area contributed by atoms with Gasteiger partial charge in [-0.2, -0.15) is 0 Å². The smallest absolute Gasteiger partial charge is 0.159 e. The third-order valence-electron chi connectivity index (χ3n) is 10.4. The number of rotatable bonds is 16. The second-order valence-corrected chi connectivity index (χ2v) is 13.5. The fourth-order valence-electron chi connectivity index (χ4n) is 7.65. The molecule has 2 fully saturated rings. The van der Waals surface area contributed by atoms with E-state index >= 15 is 0 Å². The largest absolute Gasteiger partial charge is 0.373 e. The zero-order valence-electron chi connectivity index (χ0n) is 27.6. The lowest BCUT2D eigenvalue weighted by Crippen LogP contribution is -2.17. The van der Waals surface area contributed by atoms with Crippen LogP contribution in [0.1, 0.15) is 128 Å². The quantitative estimate of drug-likeness (QED) is 0.133. The standard InChI is InChI=1S/C40H54F4O/c1-3-5-7-9-29-11-15-31(16-12-29)35(33-19-21-37(41)39(43)27-33)23-25-45-26-24-36(34-20-22-38(42)40(44)28-34)32-17-13-30(14-18-32)10-8-6-4-2/h19-24,27-32H,3-18,25-26H2,1-2H3. The predicted octanol–water partition coefficient (Wildman–Crippen LogP) is 12.5. The summed E-state index contributed by atoms with van der Waals surface area (Å²) in [5, 5.41) is 0. The minimum absolute atomic E-state index is 0.293. The van der Waals surface area contributed by atoms with E-state index in [0.717, 1.165) is 85.5 Å². The number of allylic oxidation sites excluding steroid dienone is 2. The Balaban J connectivity index is 1.43. The second kappa shape index (κ2) is 18.7. The van der Waals surface area contributed by atoms with E-state index in [2.05, 4.69) is 13.8 Å². The molecule has 0 spiro atoms. The molecule has 45 heavy (non-hydrogen) atoms. The van der Waals surface area contributed by atoms with Crippen molar-refractivity contribution in [3.63, 3.8) is 0 Å². The molecular formula is C40H54F4O. The number of unbranched alkanes of at least 4 members (excludes halogenated alkanes) is 4. The van der Waals surface area contributed by atoms with Crippen LogP contribution in [0.5, 0.6) is 0 Å². The molecule has 0 bridgehead atoms. The number of benzene rings is 2. The molecule has 0 heterocycles. The van der Waals surface area contributed by atoms with Crippen molar-refractivity contribution in [2.75, 3.05) is 13.2 Å². The molecule has 0 amide bonds. The predicted molar refractivity (Wildman–Crippen MR) is 179 cm³/mol. The SMILES string of the molecule is CCCCCC1CCC(C(=CCOCC=C(c2ccc(F)c(F)c2)C2CCC(CCCCC)CC2)c2ccc(F)c(F)c2)CC1. The summed E-state index contributed by atoms with van der Waals surface area (Å²) in [5.74, 6) is -1.23. The summed E-state index contributed by atoms with van der Waals surface area (Å²) in [6.07, 6.45) is 23.1. The highest BCUT2D eigenvalue weighted by molar-refractivity contribution is 5.68. The Bertz CT molecular complexity index is 1140. The average molecular weight is 627 g/mol. The summed E-state index contributed by atoms with van der Waals surface area (Å²) in [4.78, 5) is 0. The second-order valence-electron chi connectivity index (χ2n) is 13.5. The molecule has 2 aliphatic rings. The summed E-state index contributed by atoms with van der Waals surface area (Å²) in [5.41, 5.74) is 3.51. The van der Waals surface area contributed by atoms with Crippen molar-refractivity contribution in [2.45, 2.75) is 117 Å². The van der Waals surface area contributed by atoms with E-state index in [-0.39, 0.29) is 0 Å². The molecular weight excluding hydrogens is 572 g/mol. The maximum atomic E-state index is 14.3. The Morgan fingerprint density at radius 2 is 0.978 bits per heavy atom. The normalized spacial score (nSPS) is 23.0. The van der Waals surface area contributed by atoms with Crippen molar-refractivity contribution in [1.29, 1.82) is 0 Å². The molecule has 5 heteroatoms. The van der Waals surface area contributed by atoms with Crippen LogP contribution in [0.3, 0.4) is 0 Å². The maximum Gasteiger partial charge on any atom is 0.159 e. The first-order valence-corrected chi connectivity index (χ1v) is 17.8. The summed E-state index contributed by atoms with van der Waals surface area (Å²) in [6.45, 7) is 5.15. The van der Waals surface area contributed by atoms with Gasteiger partial charge < -0.3 is 4.74 Å². The molecule has 1 nitrogen and oxygen atoms in total. The van der Waals surface area contributed by atoms with Crippen molar-refractivity contribution in [3.8, 4) is 0 Å². The van der Waals surface area contributed by atoms with E-state index in [0.29, 0.717) is 25.0 Å². The molecule has 4 rings (SSSR count). The molecule has 0 N–H and O–H groups in total. The van der Waals surface area contributed by atoms with Crippen molar-refractivity contribution >= 4 is 11.1 Å². The van der Waals surface area contributed by atoms with Gasteiger partial charge in [0.2, 0.25) is 0 Å². The monoisotopic (exact) mass is 626 g/mol. The Hall–Kier alpha value is -2.40. The van der Waals surface area contributed by atoms with Gasteiger partial charge in [0, 0.05) is 0 Å². The molecule has 2 saturated carbocycles. The van der Waals surface area contributed by atoms with E-state index in [1.54, 1.807) is 12.1 Å². The van der Waals surface area contributed by atoms with Gasteiger partial charge >= 0.3 is 0 Å². The summed E-state index contributed by atoms with van der Waals surface area (Å²) < 4.78 is 62.2. The van der Waals surface area contributed by atoms with Crippen molar-refractivity contribution < 1.29 is 22.3 Å². The highest BCUT2D eigenvalue weighted by atomic mass is 19.2. The van der Waals surface area contributed by atoms with E-state index in [1.165, 1.54) is 75.6 Å². The van der Waals surface area contributed by atoms with Crippen LogP contribution >= 0.6 is 0 Å². The van der Waals surface area contributed by atoms with Crippen LogP contribution in [0.25, 0.3) is 11.1 Å². The lowest BCUT2D eigenvalue weighted by molar-refractivity contribution is 0.193.